The molecule has 0 aromatic rings. The van der Waals surface area contributed by atoms with Crippen LogP contribution in [0, 0.1) is 5.41 Å². The van der Waals surface area contributed by atoms with E-state index in [1.807, 2.05) is 12.2 Å². The van der Waals surface area contributed by atoms with E-state index in [2.05, 4.69) is 30.9 Å². The zero-order chi connectivity index (χ0) is 40.2. The average Bonchev–Trinajstić information content (AvgIpc) is 3.71. The zero-order valence-electron chi connectivity index (χ0n) is 34.2. The Hall–Kier alpha value is -3.25. The molecule has 1 fully saturated rings. The number of nitrogens with zero attached hydrogens (tertiary/aromatic N) is 1. The molecule has 12 nitrogen and oxygen atoms in total. The molecule has 1 N–H and O–H groups in total. The molecule has 1 saturated heterocycles. The lowest BCUT2D eigenvalue weighted by Gasteiger charge is -2.30. The molecule has 55 heavy (non-hydrogen) atoms. The van der Waals surface area contributed by atoms with Gasteiger partial charge in [-0.3, -0.25) is 24.0 Å². The maximum absolute atomic E-state index is 12.6. The van der Waals surface area contributed by atoms with Crippen LogP contribution in [0.3, 0.4) is 0 Å². The number of unbranched alkanes of at least 4 members (excludes halogenated alkanes) is 8. The summed E-state index contributed by atoms with van der Waals surface area (Å²) in [6.07, 6.45) is 24.2. The summed E-state index contributed by atoms with van der Waals surface area (Å²) in [5, 5.41) is 10.4. The SMILES string of the molecule is CCCCC/C=C\CCOC(=O)CCCCC(=O)OCC(CO)(COC(=O)CCCCC(=O)OCC/C=C\CCCCC)COC(=O)CCCN1CCCC1. The largest absolute Gasteiger partial charge is 0.465 e. The Labute approximate surface area is 331 Å². The van der Waals surface area contributed by atoms with E-state index >= 15 is 0 Å². The summed E-state index contributed by atoms with van der Waals surface area (Å²) in [6, 6.07) is 0. The van der Waals surface area contributed by atoms with Gasteiger partial charge in [0.15, 0.2) is 0 Å². The highest BCUT2D eigenvalue weighted by Gasteiger charge is 2.35. The van der Waals surface area contributed by atoms with Crippen molar-refractivity contribution in [2.75, 3.05) is 59.3 Å². The molecular weight excluding hydrogens is 706 g/mol. The van der Waals surface area contributed by atoms with Gasteiger partial charge >= 0.3 is 29.8 Å². The Morgan fingerprint density at radius 1 is 0.509 bits per heavy atom. The lowest BCUT2D eigenvalue weighted by atomic mass is 9.92. The summed E-state index contributed by atoms with van der Waals surface area (Å²) in [7, 11) is 0. The van der Waals surface area contributed by atoms with Crippen LogP contribution in [-0.2, 0) is 47.7 Å². The smallest absolute Gasteiger partial charge is 0.305 e. The van der Waals surface area contributed by atoms with E-state index in [0.29, 0.717) is 58.2 Å². The highest BCUT2D eigenvalue weighted by Crippen LogP contribution is 2.21. The van der Waals surface area contributed by atoms with Gasteiger partial charge in [-0.15, -0.1) is 0 Å². The van der Waals surface area contributed by atoms with Crippen molar-refractivity contribution >= 4 is 29.8 Å². The molecule has 0 aromatic heterocycles. The van der Waals surface area contributed by atoms with Crippen LogP contribution in [0.5, 0.6) is 0 Å². The molecule has 0 radical (unpaired) electrons. The van der Waals surface area contributed by atoms with Gasteiger partial charge in [-0.05, 0) is 103 Å². The van der Waals surface area contributed by atoms with Crippen molar-refractivity contribution in [1.82, 2.24) is 4.90 Å². The predicted octanol–water partition coefficient (Wildman–Crippen LogP) is 7.73. The van der Waals surface area contributed by atoms with Crippen molar-refractivity contribution in [3.8, 4) is 0 Å². The number of carbonyl (C=O) groups is 5. The van der Waals surface area contributed by atoms with Gasteiger partial charge in [-0.2, -0.15) is 0 Å². The van der Waals surface area contributed by atoms with E-state index in [1.165, 1.54) is 25.7 Å². The molecule has 0 unspecified atom stereocenters. The first-order chi connectivity index (χ1) is 26.7. The summed E-state index contributed by atoms with van der Waals surface area (Å²) in [6.45, 7) is 6.33. The lowest BCUT2D eigenvalue weighted by molar-refractivity contribution is -0.165. The van der Waals surface area contributed by atoms with Crippen molar-refractivity contribution in [3.63, 3.8) is 0 Å². The molecule has 1 rings (SSSR count). The molecule has 0 atom stereocenters. The predicted molar refractivity (Wildman–Crippen MR) is 212 cm³/mol. The van der Waals surface area contributed by atoms with Crippen LogP contribution >= 0.6 is 0 Å². The Kier molecular flexibility index (Phi) is 30.8. The number of hydrogen-bond acceptors (Lipinski definition) is 12. The van der Waals surface area contributed by atoms with Gasteiger partial charge in [0.2, 0.25) is 0 Å². The van der Waals surface area contributed by atoms with Crippen LogP contribution in [0.25, 0.3) is 0 Å². The van der Waals surface area contributed by atoms with Gasteiger partial charge in [-0.1, -0.05) is 63.8 Å². The Morgan fingerprint density at radius 3 is 1.25 bits per heavy atom. The summed E-state index contributed by atoms with van der Waals surface area (Å²) >= 11 is 0. The molecule has 0 spiro atoms. The van der Waals surface area contributed by atoms with Crippen LogP contribution in [0.1, 0.15) is 155 Å². The monoisotopic (exact) mass is 780 g/mol. The lowest BCUT2D eigenvalue weighted by Crippen LogP contribution is -2.42. The summed E-state index contributed by atoms with van der Waals surface area (Å²) in [4.78, 5) is 64.2. The van der Waals surface area contributed by atoms with Crippen molar-refractivity contribution < 1.29 is 52.8 Å². The number of rotatable bonds is 35. The van der Waals surface area contributed by atoms with Crippen molar-refractivity contribution in [2.24, 2.45) is 5.41 Å². The number of allylic oxidation sites excluding steroid dienone is 2. The molecule has 316 valence electrons. The Morgan fingerprint density at radius 2 is 0.873 bits per heavy atom. The van der Waals surface area contributed by atoms with Crippen LogP contribution in [0.2, 0.25) is 0 Å². The van der Waals surface area contributed by atoms with Gasteiger partial charge in [0.25, 0.3) is 0 Å². The third kappa shape index (κ3) is 28.8. The fraction of sp³-hybridized carbons (Fsp3) is 0.791. The standard InChI is InChI=1S/C43H73NO11/c1-3-5-7-9-11-13-21-32-51-38(46)24-15-17-26-40(48)53-35-43(34-45,37-55-42(50)28-23-31-44-29-19-20-30-44)36-54-41(49)27-18-16-25-39(47)52-33-22-14-12-10-8-6-4-2/h11-14,45H,3-10,15-37H2,1-2H3/b13-11-,14-12-. The second-order valence-corrected chi connectivity index (χ2v) is 14.7. The first kappa shape index (κ1) is 49.8. The van der Waals surface area contributed by atoms with Crippen LogP contribution < -0.4 is 0 Å². The van der Waals surface area contributed by atoms with E-state index in [4.69, 9.17) is 23.7 Å². The third-order valence-corrected chi connectivity index (χ3v) is 9.41. The molecule has 0 aliphatic carbocycles. The fourth-order valence-corrected chi connectivity index (χ4v) is 5.83. The van der Waals surface area contributed by atoms with E-state index in [-0.39, 0.29) is 63.9 Å². The number of aliphatic hydroxyl groups excluding tert-OH is 1. The molecule has 0 saturated carbocycles. The van der Waals surface area contributed by atoms with Crippen LogP contribution in [-0.4, -0.2) is 99.1 Å². The average molecular weight is 780 g/mol. The maximum Gasteiger partial charge on any atom is 0.305 e. The van der Waals surface area contributed by atoms with Crippen molar-refractivity contribution in [3.05, 3.63) is 24.3 Å². The van der Waals surface area contributed by atoms with Gasteiger partial charge in [0, 0.05) is 32.1 Å². The number of likely N-dealkylation sites (tertiary alicyclic amines) is 1. The normalized spacial score (nSPS) is 13.4. The molecule has 1 aliphatic heterocycles. The van der Waals surface area contributed by atoms with Gasteiger partial charge in [-0.25, -0.2) is 0 Å². The van der Waals surface area contributed by atoms with E-state index in [1.54, 1.807) is 0 Å². The first-order valence-corrected chi connectivity index (χ1v) is 21.1. The minimum Gasteiger partial charge on any atom is -0.465 e. The maximum atomic E-state index is 12.6. The topological polar surface area (TPSA) is 155 Å². The second-order valence-electron chi connectivity index (χ2n) is 14.7. The van der Waals surface area contributed by atoms with E-state index in [9.17, 15) is 29.1 Å². The minimum atomic E-state index is -1.35. The highest BCUT2D eigenvalue weighted by atomic mass is 16.6. The Balaban J connectivity index is 2.47. The number of hydrogen-bond donors (Lipinski definition) is 1. The molecular formula is C43H73NO11. The molecule has 12 heteroatoms. The zero-order valence-corrected chi connectivity index (χ0v) is 34.2. The quantitative estimate of drug-likeness (QED) is 0.0290. The molecule has 0 amide bonds. The number of esters is 5. The molecule has 0 aromatic carbocycles. The van der Waals surface area contributed by atoms with Crippen molar-refractivity contribution in [1.29, 1.82) is 0 Å². The van der Waals surface area contributed by atoms with Crippen molar-refractivity contribution in [2.45, 2.75) is 155 Å². The molecule has 1 aliphatic rings. The van der Waals surface area contributed by atoms with Crippen LogP contribution in [0.4, 0.5) is 0 Å². The van der Waals surface area contributed by atoms with E-state index in [0.717, 1.165) is 58.2 Å². The van der Waals surface area contributed by atoms with E-state index < -0.39 is 29.9 Å². The third-order valence-electron chi connectivity index (χ3n) is 9.41. The number of carbonyl (C=O) groups excluding carboxylic acids is 5. The fourth-order valence-electron chi connectivity index (χ4n) is 5.83. The van der Waals surface area contributed by atoms with Gasteiger partial charge < -0.3 is 33.7 Å². The van der Waals surface area contributed by atoms with Gasteiger partial charge in [0.05, 0.1) is 25.2 Å². The van der Waals surface area contributed by atoms with Gasteiger partial charge in [0.1, 0.15) is 19.8 Å². The summed E-state index contributed by atoms with van der Waals surface area (Å²) < 4.78 is 27.0. The minimum absolute atomic E-state index is 0.0452. The summed E-state index contributed by atoms with van der Waals surface area (Å²) in [5.41, 5.74) is -1.35. The number of aliphatic hydroxyl groups is 1. The molecule has 1 heterocycles. The highest BCUT2D eigenvalue weighted by molar-refractivity contribution is 5.71. The summed E-state index contributed by atoms with van der Waals surface area (Å²) in [5.74, 6) is -2.16. The number of ether oxygens (including phenoxy) is 5. The first-order valence-electron chi connectivity index (χ1n) is 21.1. The van der Waals surface area contributed by atoms with Crippen LogP contribution in [0.15, 0.2) is 24.3 Å². The molecule has 0 bridgehead atoms. The second kappa shape index (κ2) is 34.0. The Bertz CT molecular complexity index is 1040.